The number of nitrogens with one attached hydrogen (secondary N) is 8. The molecule has 16 unspecified atom stereocenters. The number of carboxylic acid groups (broad SMARTS) is 1. The molecular formula is C107H129Cl2N11O29. The normalized spacial score (nSPS) is 25.8. The number of alkyl carbamates (subject to hydrolysis) is 4. The fraction of sp³-hybridized carbons (Fsp3) is 0.458. The maximum atomic E-state index is 14.3. The van der Waals surface area contributed by atoms with Crippen LogP contribution in [0.15, 0.2) is 169 Å². The Morgan fingerprint density at radius 2 is 0.913 bits per heavy atom. The Hall–Kier alpha value is -13.8. The summed E-state index contributed by atoms with van der Waals surface area (Å²) in [5.41, 5.74) is 6.72. The fourth-order valence-corrected chi connectivity index (χ4v) is 19.6. The summed E-state index contributed by atoms with van der Waals surface area (Å²) < 4.78 is 68.9. The van der Waals surface area contributed by atoms with Gasteiger partial charge in [0.05, 0.1) is 70.3 Å². The molecule has 0 spiro atoms. The van der Waals surface area contributed by atoms with Gasteiger partial charge in [-0.3, -0.25) is 53.8 Å². The third-order valence-electron chi connectivity index (χ3n) is 28.0. The molecule has 800 valence electrons. The van der Waals surface area contributed by atoms with Crippen molar-refractivity contribution in [2.45, 2.75) is 202 Å². The molecule has 11 N–H and O–H groups in total. The van der Waals surface area contributed by atoms with Gasteiger partial charge in [0.15, 0.2) is 17.2 Å². The Labute approximate surface area is 872 Å². The zero-order valence-electron chi connectivity index (χ0n) is 85.8. The minimum atomic E-state index is -1.89. The minimum Gasteiger partial charge on any atom is -0.495 e. The summed E-state index contributed by atoms with van der Waals surface area (Å²) >= 11 is 13.5. The first kappa shape index (κ1) is 114. The number of allylic oxidation sites excluding steroid dienone is 6. The average Bonchev–Trinajstić information content (AvgIpc) is 1.56. The van der Waals surface area contributed by atoms with Crippen LogP contribution in [0.3, 0.4) is 0 Å². The smallest absolute Gasteiger partial charge is 0.409 e. The Morgan fingerprint density at radius 1 is 0.530 bits per heavy atom. The number of anilines is 2. The van der Waals surface area contributed by atoms with Crippen molar-refractivity contribution >= 4 is 118 Å². The summed E-state index contributed by atoms with van der Waals surface area (Å²) in [6, 6.07) is 36.9. The monoisotopic (exact) mass is 2100 g/mol. The van der Waals surface area contributed by atoms with Crippen molar-refractivity contribution in [3.8, 4) is 33.8 Å². The van der Waals surface area contributed by atoms with Gasteiger partial charge in [0, 0.05) is 84.7 Å². The maximum Gasteiger partial charge on any atom is 0.409 e. The molecule has 16 atom stereocenters. The summed E-state index contributed by atoms with van der Waals surface area (Å²) in [5.74, 6) is -7.09. The molecule has 0 aromatic heterocycles. The van der Waals surface area contributed by atoms with Crippen LogP contribution in [-0.4, -0.2) is 290 Å². The number of benzene rings is 6. The largest absolute Gasteiger partial charge is 0.495 e. The van der Waals surface area contributed by atoms with Crippen LogP contribution in [0.25, 0.3) is 22.3 Å². The van der Waals surface area contributed by atoms with Gasteiger partial charge in [0.25, 0.3) is 0 Å². The van der Waals surface area contributed by atoms with Crippen LogP contribution < -0.4 is 61.8 Å². The number of Topliss-reactive ketones (excluding diaryl/α,β-unsaturated/α-hetero) is 1. The number of aliphatic carboxylic acids is 1. The SMILES string of the molecule is CNC(C)C(=O)OC1CC(=O)N(C)c2cc(cc(OC)c2Cl)C/C(C)=C/C=C/C(OC)C2(O)CC(OC(=O)N2)C(C)C2OC12C.COc1cc2cc(c1Cl)N(C)C(=O)CC(OC(=O)C(C)N(C)C(=O)CNC(=O)CCC(=O)CNC(=O)OCC1c3ccccc3-c3ccccc31)C1(C)OC1C(C)C1CC(O)(NC(=O)O1)C(OC)/C=C/C=C(\C)C2.O=C(O)CNC(=O)CNC(=O)CNC(=O)OCC1c2ccccc2-c2ccccc21. The van der Waals surface area contributed by atoms with Crippen molar-refractivity contribution in [3.05, 3.63) is 212 Å². The Kier molecular flexibility index (Phi) is 38.2. The zero-order chi connectivity index (χ0) is 108. The number of fused-ring (bicyclic) bond motifs is 16. The van der Waals surface area contributed by atoms with Crippen molar-refractivity contribution in [2.24, 2.45) is 11.8 Å². The molecule has 8 bridgehead atoms. The van der Waals surface area contributed by atoms with Crippen LogP contribution in [0, 0.1) is 11.8 Å². The third-order valence-corrected chi connectivity index (χ3v) is 28.7. The molecule has 6 aromatic rings. The van der Waals surface area contributed by atoms with E-state index in [0.717, 1.165) is 71.7 Å². The molecule has 8 aliphatic rings. The lowest BCUT2D eigenvalue weighted by Gasteiger charge is -2.42. The predicted molar refractivity (Wildman–Crippen MR) is 545 cm³/mol. The highest BCUT2D eigenvalue weighted by Gasteiger charge is 2.66. The fourth-order valence-electron chi connectivity index (χ4n) is 19.0. The van der Waals surface area contributed by atoms with Crippen LogP contribution >= 0.6 is 23.2 Å². The molecule has 40 nitrogen and oxygen atoms in total. The summed E-state index contributed by atoms with van der Waals surface area (Å²) in [6.45, 7) is 11.9. The van der Waals surface area contributed by atoms with Gasteiger partial charge in [-0.05, 0) is 141 Å². The van der Waals surface area contributed by atoms with Crippen LogP contribution in [0.5, 0.6) is 11.5 Å². The van der Waals surface area contributed by atoms with E-state index < -0.39 is 199 Å². The number of ether oxygens (including phenoxy) is 12. The Bertz CT molecular complexity index is 6070. The molecule has 4 fully saturated rings. The van der Waals surface area contributed by atoms with Gasteiger partial charge in [-0.25, -0.2) is 24.0 Å². The number of esters is 2. The lowest BCUT2D eigenvalue weighted by Crippen LogP contribution is -2.63. The highest BCUT2D eigenvalue weighted by molar-refractivity contribution is 6.36. The van der Waals surface area contributed by atoms with Crippen LogP contribution in [-0.2, 0) is 108 Å². The highest BCUT2D eigenvalue weighted by atomic mass is 35.5. The van der Waals surface area contributed by atoms with E-state index in [0.29, 0.717) is 35.7 Å². The number of carbonyl (C=O) groups excluding carboxylic acids is 13. The summed E-state index contributed by atoms with van der Waals surface area (Å²) in [6.07, 6.45) is -0.327. The number of nitrogens with zero attached hydrogens (tertiary/aromatic N) is 3. The van der Waals surface area contributed by atoms with E-state index in [1.165, 1.54) is 59.3 Å². The highest BCUT2D eigenvalue weighted by Crippen LogP contribution is 2.53. The molecule has 6 aliphatic heterocycles. The number of likely N-dealkylation sites (N-methyl/N-ethyl adjacent to an activating group) is 2. The van der Waals surface area contributed by atoms with Crippen molar-refractivity contribution in [1.29, 1.82) is 0 Å². The molecule has 0 saturated carbocycles. The molecule has 6 heterocycles. The van der Waals surface area contributed by atoms with Gasteiger partial charge in [-0.2, -0.15) is 0 Å². The first-order valence-electron chi connectivity index (χ1n) is 48.6. The van der Waals surface area contributed by atoms with Crippen molar-refractivity contribution in [2.75, 3.05) is 112 Å². The average molecular weight is 2100 g/mol. The number of hydrogen-bond acceptors (Lipinski definition) is 29. The second-order valence-electron chi connectivity index (χ2n) is 38.3. The molecule has 149 heavy (non-hydrogen) atoms. The molecule has 2 aliphatic carbocycles. The molecular weight excluding hydrogens is 1970 g/mol. The molecule has 10 amide bonds. The van der Waals surface area contributed by atoms with Gasteiger partial charge in [-0.1, -0.05) is 182 Å². The van der Waals surface area contributed by atoms with E-state index in [1.54, 1.807) is 84.3 Å². The number of carboxylic acids is 1. The van der Waals surface area contributed by atoms with Gasteiger partial charge >= 0.3 is 42.3 Å². The second-order valence-corrected chi connectivity index (χ2v) is 39.0. The van der Waals surface area contributed by atoms with Gasteiger partial charge in [0.1, 0.15) is 108 Å². The predicted octanol–water partition coefficient (Wildman–Crippen LogP) is 9.64. The number of halogens is 2. The lowest BCUT2D eigenvalue weighted by atomic mass is 9.83. The quantitative estimate of drug-likeness (QED) is 0.0130. The summed E-state index contributed by atoms with van der Waals surface area (Å²) in [4.78, 5) is 181. The van der Waals surface area contributed by atoms with Gasteiger partial charge < -0.3 is 119 Å². The second kappa shape index (κ2) is 50.0. The summed E-state index contributed by atoms with van der Waals surface area (Å²) in [7, 11) is 11.9. The molecule has 6 aromatic carbocycles. The van der Waals surface area contributed by atoms with Gasteiger partial charge in [0.2, 0.25) is 35.4 Å². The van der Waals surface area contributed by atoms with Crippen molar-refractivity contribution < 1.29 is 139 Å². The zero-order valence-corrected chi connectivity index (χ0v) is 87.3. The van der Waals surface area contributed by atoms with Crippen LogP contribution in [0.4, 0.5) is 30.6 Å². The number of amides is 10. The van der Waals surface area contributed by atoms with E-state index >= 15 is 0 Å². The number of ketones is 1. The lowest BCUT2D eigenvalue weighted by molar-refractivity contribution is -0.162. The van der Waals surface area contributed by atoms with E-state index in [2.05, 4.69) is 42.5 Å². The van der Waals surface area contributed by atoms with E-state index in [4.69, 9.17) is 85.2 Å². The standard InChI is InChI=1S/C54H64ClN5O14.C32H44ClN3O9.C21H21N3O6/c1-30-14-13-19-43(70-8)54(68)26-42(72-52(67)58-54)31(2)49-53(4,74-49)44(25-46(63)60(6)40-23-33(22-30)24-41(69-7)48(40)55)73-50(65)32(3)59(5)47(64)28-56-45(62)21-20-34(61)27-57-51(66)71-29-39-37-17-11-9-15-35(37)36-16-10-12-18-38(36)39;1-17-10-9-11-24(42-8)32(40)16-23(43-30(39)35-32)18(2)28-31(4,45-28)25(44-29(38)19(3)34-5)15-26(37)36(6)21-13-20(12-17)14-22(41-7)27(21)33;25-18(23-11-20(27)28)9-22-19(26)10-24-21(29)30-12-17-15-7-3-1-5-13(15)14-6-2-4-8-16(14)17/h9-19,23-24,31-32,39,42-44,49,68H,20-22,25-29H2,1-8H3,(H,56,62)(H,57,66)(H,58,67);9-11,13-14,18-19,23-25,28,34,40H,12,15-16H2,1-8H3,(H,35,39);1-8,17H,9-12H2,(H,22,26)(H,23,25)(H,24,29)(H,27,28)/b19-13+,30-14+;11-9+,17-10+;. The first-order valence-corrected chi connectivity index (χ1v) is 49.4. The van der Waals surface area contributed by atoms with Crippen molar-refractivity contribution in [3.63, 3.8) is 0 Å². The number of rotatable bonds is 27. The van der Waals surface area contributed by atoms with Crippen LogP contribution in [0.1, 0.15) is 139 Å². The Morgan fingerprint density at radius 3 is 1.31 bits per heavy atom. The van der Waals surface area contributed by atoms with Gasteiger partial charge in [-0.15, -0.1) is 0 Å². The number of carbonyl (C=O) groups is 14. The summed E-state index contributed by atoms with van der Waals surface area (Å²) in [5, 5.41) is 51.8. The minimum absolute atomic E-state index is 0.00553. The first-order chi connectivity index (χ1) is 70.8. The van der Waals surface area contributed by atoms with E-state index in [9.17, 15) is 77.3 Å². The van der Waals surface area contributed by atoms with Crippen molar-refractivity contribution in [1.82, 2.24) is 47.4 Å². The number of aliphatic hydroxyl groups is 2. The molecule has 42 heteroatoms. The molecule has 0 radical (unpaired) electrons. The number of hydrogen-bond donors (Lipinski definition) is 11. The molecule has 14 rings (SSSR count). The maximum absolute atomic E-state index is 14.3. The van der Waals surface area contributed by atoms with E-state index in [1.807, 2.05) is 136 Å². The third kappa shape index (κ3) is 27.8. The van der Waals surface area contributed by atoms with Crippen LogP contribution in [0.2, 0.25) is 10.0 Å². The number of methoxy groups -OCH3 is 4. The van der Waals surface area contributed by atoms with E-state index in [-0.39, 0.29) is 86.2 Å². The Balaban J connectivity index is 0.000000221. The topological polar surface area (TPSA) is 523 Å². The number of epoxide rings is 2. The molecule has 4 saturated heterocycles.